The average molecular weight is 218 g/mol. The van der Waals surface area contributed by atoms with E-state index in [4.69, 9.17) is 0 Å². The summed E-state index contributed by atoms with van der Waals surface area (Å²) in [4.78, 5) is 19.2. The van der Waals surface area contributed by atoms with Crippen molar-refractivity contribution in [2.24, 2.45) is 0 Å². The van der Waals surface area contributed by atoms with Gasteiger partial charge in [0.2, 0.25) is 0 Å². The molecule has 0 radical (unpaired) electrons. The van der Waals surface area contributed by atoms with Gasteiger partial charge in [-0.15, -0.1) is 0 Å². The molecule has 0 saturated heterocycles. The number of nitrogens with zero attached hydrogens (tertiary/aromatic N) is 4. The Kier molecular flexibility index (Phi) is 3.14. The first-order valence-corrected chi connectivity index (χ1v) is 5.31. The number of aryl methyl sites for hydroxylation is 1. The van der Waals surface area contributed by atoms with E-state index < -0.39 is 0 Å². The molecule has 0 aliphatic rings. The highest BCUT2D eigenvalue weighted by Crippen LogP contribution is 2.02. The normalized spacial score (nSPS) is 10.6. The molecule has 2 aromatic rings. The monoisotopic (exact) mass is 218 g/mol. The van der Waals surface area contributed by atoms with Crippen LogP contribution in [0.4, 0.5) is 0 Å². The first-order valence-electron chi connectivity index (χ1n) is 5.31. The highest BCUT2D eigenvalue weighted by Gasteiger charge is 2.03. The summed E-state index contributed by atoms with van der Waals surface area (Å²) in [6.45, 7) is 3.55. The minimum absolute atomic E-state index is 0.230. The Morgan fingerprint density at radius 1 is 1.38 bits per heavy atom. The predicted molar refractivity (Wildman–Crippen MR) is 60.1 cm³/mol. The summed E-state index contributed by atoms with van der Waals surface area (Å²) in [7, 11) is 0. The van der Waals surface area contributed by atoms with Crippen LogP contribution in [0, 0.1) is 0 Å². The van der Waals surface area contributed by atoms with Crippen molar-refractivity contribution in [1.82, 2.24) is 19.1 Å². The third-order valence-electron chi connectivity index (χ3n) is 2.38. The maximum absolute atomic E-state index is 11.4. The molecule has 2 rings (SSSR count). The molecule has 0 fully saturated rings. The van der Waals surface area contributed by atoms with Crippen molar-refractivity contribution in [3.8, 4) is 0 Å². The fourth-order valence-corrected chi connectivity index (χ4v) is 1.60. The first kappa shape index (κ1) is 10.6. The molecule has 5 nitrogen and oxygen atoms in total. The van der Waals surface area contributed by atoms with Crippen LogP contribution in [0.25, 0.3) is 0 Å². The molecule has 16 heavy (non-hydrogen) atoms. The molecular formula is C11H14N4O. The van der Waals surface area contributed by atoms with Gasteiger partial charge in [0.1, 0.15) is 0 Å². The third-order valence-corrected chi connectivity index (χ3v) is 2.38. The summed E-state index contributed by atoms with van der Waals surface area (Å²) < 4.78 is 3.63. The Morgan fingerprint density at radius 3 is 3.00 bits per heavy atom. The van der Waals surface area contributed by atoms with Gasteiger partial charge in [0.15, 0.2) is 0 Å². The Morgan fingerprint density at radius 2 is 2.25 bits per heavy atom. The molecule has 0 unspecified atom stereocenters. The van der Waals surface area contributed by atoms with E-state index >= 15 is 0 Å². The average Bonchev–Trinajstić information content (AvgIpc) is 2.70. The second kappa shape index (κ2) is 4.74. The summed E-state index contributed by atoms with van der Waals surface area (Å²) in [5.41, 5.74) is 0.795. The van der Waals surface area contributed by atoms with Gasteiger partial charge in [-0.05, 0) is 12.5 Å². The number of hydrogen-bond donors (Lipinski definition) is 0. The molecule has 84 valence electrons. The molecular weight excluding hydrogens is 204 g/mol. The van der Waals surface area contributed by atoms with Crippen LogP contribution in [-0.4, -0.2) is 19.1 Å². The third kappa shape index (κ3) is 2.18. The Labute approximate surface area is 93.4 Å². The quantitative estimate of drug-likeness (QED) is 0.766. The molecule has 2 heterocycles. The SMILES string of the molecule is CCCn1cncc1Cn1cccnc1=O. The Hall–Kier alpha value is -1.91. The maximum atomic E-state index is 11.4. The largest absolute Gasteiger partial charge is 0.347 e. The van der Waals surface area contributed by atoms with Gasteiger partial charge < -0.3 is 4.57 Å². The fraction of sp³-hybridized carbons (Fsp3) is 0.364. The lowest BCUT2D eigenvalue weighted by molar-refractivity contribution is 0.611. The van der Waals surface area contributed by atoms with E-state index in [2.05, 4.69) is 21.5 Å². The van der Waals surface area contributed by atoms with E-state index in [0.717, 1.165) is 18.7 Å². The zero-order valence-corrected chi connectivity index (χ0v) is 9.21. The van der Waals surface area contributed by atoms with Crippen LogP contribution >= 0.6 is 0 Å². The molecule has 0 aromatic carbocycles. The van der Waals surface area contributed by atoms with E-state index in [9.17, 15) is 4.79 Å². The van der Waals surface area contributed by atoms with Crippen molar-refractivity contribution in [3.63, 3.8) is 0 Å². The number of imidazole rings is 1. The van der Waals surface area contributed by atoms with E-state index in [1.165, 1.54) is 6.20 Å². The fourth-order valence-electron chi connectivity index (χ4n) is 1.60. The number of aromatic nitrogens is 4. The van der Waals surface area contributed by atoms with E-state index in [-0.39, 0.29) is 5.69 Å². The molecule has 0 bridgehead atoms. The Balaban J connectivity index is 2.24. The minimum Gasteiger partial charge on any atom is -0.333 e. The van der Waals surface area contributed by atoms with E-state index in [0.29, 0.717) is 6.54 Å². The van der Waals surface area contributed by atoms with E-state index in [1.807, 2.05) is 0 Å². The predicted octanol–water partition coefficient (Wildman–Crippen LogP) is 0.898. The van der Waals surface area contributed by atoms with Gasteiger partial charge in [-0.1, -0.05) is 6.92 Å². The smallest absolute Gasteiger partial charge is 0.333 e. The van der Waals surface area contributed by atoms with Crippen molar-refractivity contribution < 1.29 is 0 Å². The highest BCUT2D eigenvalue weighted by atomic mass is 16.1. The van der Waals surface area contributed by atoms with Crippen molar-refractivity contribution in [2.45, 2.75) is 26.4 Å². The highest BCUT2D eigenvalue weighted by molar-refractivity contribution is 5.00. The summed E-state index contributed by atoms with van der Waals surface area (Å²) in [6, 6.07) is 1.75. The standard InChI is InChI=1S/C11H14N4O/c1-2-5-15-9-12-7-10(15)8-14-6-3-4-13-11(14)16/h3-4,6-7,9H,2,5,8H2,1H3. The Bertz CT molecular complexity index is 514. The number of rotatable bonds is 4. The van der Waals surface area contributed by atoms with Crippen molar-refractivity contribution in [3.05, 3.63) is 47.2 Å². The van der Waals surface area contributed by atoms with Gasteiger partial charge in [-0.25, -0.2) is 14.8 Å². The summed E-state index contributed by atoms with van der Waals surface area (Å²) in [5, 5.41) is 0. The summed E-state index contributed by atoms with van der Waals surface area (Å²) in [5.74, 6) is 0. The summed E-state index contributed by atoms with van der Waals surface area (Å²) >= 11 is 0. The molecule has 0 spiro atoms. The van der Waals surface area contributed by atoms with Crippen LogP contribution in [0.15, 0.2) is 35.8 Å². The molecule has 0 N–H and O–H groups in total. The van der Waals surface area contributed by atoms with Crippen LogP contribution in [-0.2, 0) is 13.1 Å². The van der Waals surface area contributed by atoms with Gasteiger partial charge >= 0.3 is 5.69 Å². The van der Waals surface area contributed by atoms with Gasteiger partial charge in [0.25, 0.3) is 0 Å². The maximum Gasteiger partial charge on any atom is 0.347 e. The molecule has 2 aromatic heterocycles. The lowest BCUT2D eigenvalue weighted by Gasteiger charge is -2.07. The second-order valence-electron chi connectivity index (χ2n) is 3.61. The van der Waals surface area contributed by atoms with Crippen LogP contribution in [0.1, 0.15) is 19.0 Å². The second-order valence-corrected chi connectivity index (χ2v) is 3.61. The van der Waals surface area contributed by atoms with Gasteiger partial charge in [0, 0.05) is 25.1 Å². The van der Waals surface area contributed by atoms with Crippen molar-refractivity contribution >= 4 is 0 Å². The van der Waals surface area contributed by atoms with Crippen LogP contribution in [0.2, 0.25) is 0 Å². The van der Waals surface area contributed by atoms with Crippen molar-refractivity contribution in [2.75, 3.05) is 0 Å². The van der Waals surface area contributed by atoms with Gasteiger partial charge in [0.05, 0.1) is 18.6 Å². The molecule has 5 heteroatoms. The molecule has 0 amide bonds. The first-order chi connectivity index (χ1) is 7.81. The molecule has 0 aliphatic heterocycles. The lowest BCUT2D eigenvalue weighted by Crippen LogP contribution is -2.23. The topological polar surface area (TPSA) is 52.7 Å². The van der Waals surface area contributed by atoms with Crippen LogP contribution in [0.3, 0.4) is 0 Å². The van der Waals surface area contributed by atoms with Gasteiger partial charge in [-0.2, -0.15) is 0 Å². The van der Waals surface area contributed by atoms with Crippen LogP contribution in [0.5, 0.6) is 0 Å². The van der Waals surface area contributed by atoms with Crippen molar-refractivity contribution in [1.29, 1.82) is 0 Å². The zero-order chi connectivity index (χ0) is 11.4. The minimum atomic E-state index is -0.230. The zero-order valence-electron chi connectivity index (χ0n) is 9.21. The summed E-state index contributed by atoms with van der Waals surface area (Å²) in [6.07, 6.45) is 7.86. The van der Waals surface area contributed by atoms with E-state index in [1.54, 1.807) is 29.4 Å². The molecule has 0 aliphatic carbocycles. The molecule has 0 saturated carbocycles. The number of hydrogen-bond acceptors (Lipinski definition) is 3. The molecule has 0 atom stereocenters. The lowest BCUT2D eigenvalue weighted by atomic mass is 10.4. The van der Waals surface area contributed by atoms with Crippen LogP contribution < -0.4 is 5.69 Å². The van der Waals surface area contributed by atoms with Gasteiger partial charge in [-0.3, -0.25) is 4.57 Å².